The molecule has 0 spiro atoms. The van der Waals surface area contributed by atoms with Crippen molar-refractivity contribution in [3.8, 4) is 0 Å². The Morgan fingerprint density at radius 3 is 2.59 bits per heavy atom. The van der Waals surface area contributed by atoms with Gasteiger partial charge in [0.1, 0.15) is 5.76 Å². The lowest BCUT2D eigenvalue weighted by molar-refractivity contribution is 0.482. The monoisotopic (exact) mass is 249 g/mol. The van der Waals surface area contributed by atoms with Crippen LogP contribution in [0.4, 0.5) is 0 Å². The van der Waals surface area contributed by atoms with E-state index in [1.54, 1.807) is 6.07 Å². The lowest BCUT2D eigenvalue weighted by Crippen LogP contribution is -2.14. The smallest absolute Gasteiger partial charge is 0.193 e. The van der Waals surface area contributed by atoms with Crippen molar-refractivity contribution in [1.82, 2.24) is 5.32 Å². The van der Waals surface area contributed by atoms with Crippen molar-refractivity contribution >= 4 is 11.6 Å². The third-order valence-electron chi connectivity index (χ3n) is 2.59. The highest BCUT2D eigenvalue weighted by molar-refractivity contribution is 6.28. The molecule has 0 unspecified atom stereocenters. The van der Waals surface area contributed by atoms with Gasteiger partial charge in [0.25, 0.3) is 0 Å². The number of aryl methyl sites for hydroxylation is 1. The van der Waals surface area contributed by atoms with Crippen LogP contribution in [0.1, 0.15) is 17.7 Å². The standard InChI is InChI=1S/C14H16ClNO/c15-14-9-8-13(17-14)11-16-10-4-7-12-5-2-1-3-6-12/h1-3,5-6,8-9,16H,4,7,10-11H2. The average molecular weight is 250 g/mol. The van der Waals surface area contributed by atoms with Crippen molar-refractivity contribution in [2.24, 2.45) is 0 Å². The molecule has 2 aromatic rings. The van der Waals surface area contributed by atoms with E-state index in [0.717, 1.165) is 31.7 Å². The maximum Gasteiger partial charge on any atom is 0.193 e. The van der Waals surface area contributed by atoms with Gasteiger partial charge in [0.05, 0.1) is 6.54 Å². The van der Waals surface area contributed by atoms with Crippen LogP contribution in [0.2, 0.25) is 5.22 Å². The van der Waals surface area contributed by atoms with Gasteiger partial charge in [-0.05, 0) is 48.7 Å². The number of rotatable bonds is 6. The van der Waals surface area contributed by atoms with Crippen LogP contribution in [0.3, 0.4) is 0 Å². The molecule has 90 valence electrons. The van der Waals surface area contributed by atoms with Crippen LogP contribution in [-0.2, 0) is 13.0 Å². The Labute approximate surface area is 107 Å². The minimum atomic E-state index is 0.450. The lowest BCUT2D eigenvalue weighted by atomic mass is 10.1. The second kappa shape index (κ2) is 6.48. The number of hydrogen-bond donors (Lipinski definition) is 1. The molecule has 1 heterocycles. The lowest BCUT2D eigenvalue weighted by Gasteiger charge is -2.03. The van der Waals surface area contributed by atoms with Crippen LogP contribution < -0.4 is 5.32 Å². The van der Waals surface area contributed by atoms with Gasteiger partial charge in [0.2, 0.25) is 0 Å². The molecule has 0 saturated carbocycles. The Morgan fingerprint density at radius 2 is 1.88 bits per heavy atom. The molecule has 2 rings (SSSR count). The van der Waals surface area contributed by atoms with Gasteiger partial charge in [-0.1, -0.05) is 30.3 Å². The second-order valence-electron chi connectivity index (χ2n) is 3.97. The minimum Gasteiger partial charge on any atom is -0.448 e. The highest BCUT2D eigenvalue weighted by atomic mass is 35.5. The summed E-state index contributed by atoms with van der Waals surface area (Å²) >= 11 is 5.69. The van der Waals surface area contributed by atoms with Crippen LogP contribution in [0.5, 0.6) is 0 Å². The molecular weight excluding hydrogens is 234 g/mol. The van der Waals surface area contributed by atoms with E-state index in [2.05, 4.69) is 29.6 Å². The normalized spacial score (nSPS) is 10.6. The molecule has 1 aromatic heterocycles. The molecule has 0 aliphatic rings. The van der Waals surface area contributed by atoms with Crippen molar-refractivity contribution in [3.05, 3.63) is 59.0 Å². The van der Waals surface area contributed by atoms with E-state index in [4.69, 9.17) is 16.0 Å². The molecule has 0 atom stereocenters. The van der Waals surface area contributed by atoms with Crippen LogP contribution in [0.25, 0.3) is 0 Å². The fraction of sp³-hybridized carbons (Fsp3) is 0.286. The zero-order valence-electron chi connectivity index (χ0n) is 9.66. The third kappa shape index (κ3) is 4.25. The van der Waals surface area contributed by atoms with E-state index < -0.39 is 0 Å². The van der Waals surface area contributed by atoms with E-state index in [0.29, 0.717) is 5.22 Å². The molecule has 0 radical (unpaired) electrons. The first-order chi connectivity index (χ1) is 8.34. The topological polar surface area (TPSA) is 25.2 Å². The Morgan fingerprint density at radius 1 is 1.06 bits per heavy atom. The van der Waals surface area contributed by atoms with Gasteiger partial charge in [-0.3, -0.25) is 0 Å². The molecule has 0 aliphatic heterocycles. The SMILES string of the molecule is Clc1ccc(CNCCCc2ccccc2)o1. The summed E-state index contributed by atoms with van der Waals surface area (Å²) in [5.41, 5.74) is 1.38. The summed E-state index contributed by atoms with van der Waals surface area (Å²) in [5.74, 6) is 0.884. The van der Waals surface area contributed by atoms with Crippen molar-refractivity contribution in [1.29, 1.82) is 0 Å². The molecule has 1 aromatic carbocycles. The van der Waals surface area contributed by atoms with Gasteiger partial charge in [0, 0.05) is 0 Å². The first-order valence-electron chi connectivity index (χ1n) is 5.83. The van der Waals surface area contributed by atoms with E-state index in [1.165, 1.54) is 5.56 Å². The number of furan rings is 1. The fourth-order valence-electron chi connectivity index (χ4n) is 1.72. The second-order valence-corrected chi connectivity index (χ2v) is 4.34. The van der Waals surface area contributed by atoms with Crippen molar-refractivity contribution < 1.29 is 4.42 Å². The first kappa shape index (κ1) is 12.2. The number of nitrogens with one attached hydrogen (secondary N) is 1. The van der Waals surface area contributed by atoms with E-state index in [1.807, 2.05) is 12.1 Å². The summed E-state index contributed by atoms with van der Waals surface area (Å²) in [7, 11) is 0. The van der Waals surface area contributed by atoms with Gasteiger partial charge < -0.3 is 9.73 Å². The van der Waals surface area contributed by atoms with Crippen molar-refractivity contribution in [2.75, 3.05) is 6.54 Å². The predicted molar refractivity (Wildman–Crippen MR) is 70.2 cm³/mol. The molecule has 17 heavy (non-hydrogen) atoms. The Bertz CT molecular complexity index is 438. The van der Waals surface area contributed by atoms with Gasteiger partial charge in [0.15, 0.2) is 5.22 Å². The molecule has 3 heteroatoms. The van der Waals surface area contributed by atoms with Crippen molar-refractivity contribution in [3.63, 3.8) is 0 Å². The zero-order valence-corrected chi connectivity index (χ0v) is 10.4. The highest BCUT2D eigenvalue weighted by Crippen LogP contribution is 2.12. The Kier molecular flexibility index (Phi) is 4.65. The van der Waals surface area contributed by atoms with Gasteiger partial charge in [-0.25, -0.2) is 0 Å². The molecule has 0 aliphatic carbocycles. The summed E-state index contributed by atoms with van der Waals surface area (Å²) in [6.07, 6.45) is 2.23. The fourth-order valence-corrected chi connectivity index (χ4v) is 1.88. The van der Waals surface area contributed by atoms with Crippen molar-refractivity contribution in [2.45, 2.75) is 19.4 Å². The predicted octanol–water partition coefficient (Wildman–Crippen LogP) is 3.66. The minimum absolute atomic E-state index is 0.450. The summed E-state index contributed by atoms with van der Waals surface area (Å²) in [6, 6.07) is 14.2. The molecule has 0 bridgehead atoms. The molecule has 2 nitrogen and oxygen atoms in total. The van der Waals surface area contributed by atoms with E-state index in [-0.39, 0.29) is 0 Å². The molecule has 1 N–H and O–H groups in total. The van der Waals surface area contributed by atoms with Crippen LogP contribution in [-0.4, -0.2) is 6.54 Å². The molecule has 0 fully saturated rings. The van der Waals surface area contributed by atoms with Crippen LogP contribution in [0, 0.1) is 0 Å². The zero-order chi connectivity index (χ0) is 11.9. The van der Waals surface area contributed by atoms with Gasteiger partial charge in [-0.15, -0.1) is 0 Å². The molecular formula is C14H16ClNO. The summed E-state index contributed by atoms with van der Waals surface area (Å²) in [5, 5.41) is 3.78. The quantitative estimate of drug-likeness (QED) is 0.791. The number of halogens is 1. The van der Waals surface area contributed by atoms with Gasteiger partial charge >= 0.3 is 0 Å². The van der Waals surface area contributed by atoms with E-state index in [9.17, 15) is 0 Å². The Balaban J connectivity index is 1.61. The first-order valence-corrected chi connectivity index (χ1v) is 6.21. The largest absolute Gasteiger partial charge is 0.448 e. The molecule has 0 saturated heterocycles. The number of benzene rings is 1. The summed E-state index contributed by atoms with van der Waals surface area (Å²) in [4.78, 5) is 0. The van der Waals surface area contributed by atoms with E-state index >= 15 is 0 Å². The third-order valence-corrected chi connectivity index (χ3v) is 2.79. The van der Waals surface area contributed by atoms with Crippen LogP contribution in [0.15, 0.2) is 46.9 Å². The maximum atomic E-state index is 5.69. The maximum absolute atomic E-state index is 5.69. The average Bonchev–Trinajstić information content (AvgIpc) is 2.76. The Hall–Kier alpha value is -1.25. The summed E-state index contributed by atoms with van der Waals surface area (Å²) in [6.45, 7) is 1.72. The molecule has 0 amide bonds. The number of hydrogen-bond acceptors (Lipinski definition) is 2. The van der Waals surface area contributed by atoms with Crippen LogP contribution >= 0.6 is 11.6 Å². The van der Waals surface area contributed by atoms with Gasteiger partial charge in [-0.2, -0.15) is 0 Å². The summed E-state index contributed by atoms with van der Waals surface area (Å²) < 4.78 is 5.25. The highest BCUT2D eigenvalue weighted by Gasteiger charge is 1.98.